The van der Waals surface area contributed by atoms with Crippen LogP contribution in [0.2, 0.25) is 0 Å². The smallest absolute Gasteiger partial charge is 0.255 e. The van der Waals surface area contributed by atoms with E-state index in [4.69, 9.17) is 5.73 Å². The standard InChI is InChI=1S/C23H25N3O2S.C13H16FN3O2.C9H9NS.ClH/c1-15(27)26(2)19-9-7-16(11-19)23(28)17-8-10-22(24-12-17)25-13-18-14-29-21-6-4-3-5-20(18)21;1-9(18)16(2)11-5-6-17(8-11)13(19)10-3-4-12(14)15-7-10;10-5-7-6-11-9-4-2-1-3-8(7)9;/h3-6,8,10,12,14,16,19H,7,9,11,13H2,1-2H3,(H,24,25);3-4,7,11H,5-6,8H2,1-2H3;1-4,6H,5,10H2;1H/t16?,19-;11-;;/m00../s1. The Kier molecular flexibility index (Phi) is 16.3. The number of fused-ring (bicyclic) bond motifs is 2. The van der Waals surface area contributed by atoms with Crippen molar-refractivity contribution in [3.8, 4) is 0 Å². The van der Waals surface area contributed by atoms with Crippen LogP contribution < -0.4 is 11.1 Å². The lowest BCUT2D eigenvalue weighted by molar-refractivity contribution is -0.130. The van der Waals surface area contributed by atoms with Gasteiger partial charge in [-0.05, 0) is 94.7 Å². The van der Waals surface area contributed by atoms with Crippen LogP contribution in [0, 0.1) is 11.9 Å². The highest BCUT2D eigenvalue weighted by molar-refractivity contribution is 7.17. The Hall–Kier alpha value is -5.28. The second-order valence-electron chi connectivity index (χ2n) is 14.9. The van der Waals surface area contributed by atoms with Crippen molar-refractivity contribution < 1.29 is 23.6 Å². The summed E-state index contributed by atoms with van der Waals surface area (Å²) >= 11 is 3.50. The molecule has 3 atom stereocenters. The summed E-state index contributed by atoms with van der Waals surface area (Å²) in [4.78, 5) is 60.8. The molecule has 2 fully saturated rings. The molecule has 1 aliphatic carbocycles. The predicted octanol–water partition coefficient (Wildman–Crippen LogP) is 8.43. The Balaban J connectivity index is 0.000000188. The molecule has 0 radical (unpaired) electrons. The molecule has 6 aromatic rings. The molecular formula is C45H51ClFN7O4S2. The second-order valence-corrected chi connectivity index (χ2v) is 16.7. The molecular weight excluding hydrogens is 821 g/mol. The Morgan fingerprint density at radius 2 is 1.38 bits per heavy atom. The third kappa shape index (κ3) is 11.3. The van der Waals surface area contributed by atoms with Crippen molar-refractivity contribution in [2.24, 2.45) is 11.7 Å². The van der Waals surface area contributed by atoms with Gasteiger partial charge in [0, 0.05) is 93.4 Å². The minimum atomic E-state index is -0.604. The number of benzene rings is 2. The van der Waals surface area contributed by atoms with E-state index in [9.17, 15) is 23.6 Å². The zero-order valence-electron chi connectivity index (χ0n) is 34.2. The summed E-state index contributed by atoms with van der Waals surface area (Å²) in [5.74, 6) is 0.129. The van der Waals surface area contributed by atoms with Gasteiger partial charge in [0.25, 0.3) is 5.91 Å². The van der Waals surface area contributed by atoms with E-state index in [0.29, 0.717) is 37.3 Å². The molecule has 2 aliphatic rings. The Morgan fingerprint density at radius 3 is 1.98 bits per heavy atom. The topological polar surface area (TPSA) is 142 Å². The lowest BCUT2D eigenvalue weighted by atomic mass is 9.97. The molecule has 1 aliphatic heterocycles. The summed E-state index contributed by atoms with van der Waals surface area (Å²) in [6.07, 6.45) is 6.11. The number of thiophene rings is 2. The van der Waals surface area contributed by atoms with Gasteiger partial charge in [0.1, 0.15) is 5.82 Å². The number of amides is 3. The van der Waals surface area contributed by atoms with Crippen LogP contribution >= 0.6 is 35.1 Å². The molecule has 60 heavy (non-hydrogen) atoms. The Bertz CT molecular complexity index is 2390. The van der Waals surface area contributed by atoms with Crippen LogP contribution in [-0.4, -0.2) is 87.4 Å². The number of hydrogen-bond donors (Lipinski definition) is 2. The lowest BCUT2D eigenvalue weighted by Gasteiger charge is -2.23. The molecule has 2 aromatic carbocycles. The van der Waals surface area contributed by atoms with Gasteiger partial charge in [-0.3, -0.25) is 19.2 Å². The number of ketones is 1. The number of pyridine rings is 2. The summed E-state index contributed by atoms with van der Waals surface area (Å²) in [7, 11) is 3.55. The van der Waals surface area contributed by atoms with E-state index in [1.54, 1.807) is 57.5 Å². The van der Waals surface area contributed by atoms with E-state index in [1.165, 1.54) is 56.6 Å². The van der Waals surface area contributed by atoms with Crippen LogP contribution in [0.4, 0.5) is 10.2 Å². The first-order chi connectivity index (χ1) is 28.4. The van der Waals surface area contributed by atoms with E-state index in [1.807, 2.05) is 25.2 Å². The molecule has 8 rings (SSSR count). The maximum Gasteiger partial charge on any atom is 0.255 e. The number of aromatic nitrogens is 2. The van der Waals surface area contributed by atoms with Crippen molar-refractivity contribution in [1.82, 2.24) is 24.7 Å². The molecule has 316 valence electrons. The molecule has 11 nitrogen and oxygen atoms in total. The molecule has 1 unspecified atom stereocenters. The largest absolute Gasteiger partial charge is 0.366 e. The third-order valence-electron chi connectivity index (χ3n) is 11.1. The van der Waals surface area contributed by atoms with Crippen LogP contribution in [0.5, 0.6) is 0 Å². The van der Waals surface area contributed by atoms with E-state index >= 15 is 0 Å². The average Bonchev–Trinajstić information content (AvgIpc) is 4.09. The molecule has 5 heterocycles. The highest BCUT2D eigenvalue weighted by Crippen LogP contribution is 2.32. The number of anilines is 1. The first kappa shape index (κ1) is 45.8. The fourth-order valence-corrected chi connectivity index (χ4v) is 9.35. The number of carbonyl (C=O) groups excluding carboxylic acids is 4. The number of likely N-dealkylation sites (N-methyl/N-ethyl adjacent to an activating group) is 1. The maximum atomic E-state index is 12.8. The van der Waals surface area contributed by atoms with Gasteiger partial charge in [0.05, 0.1) is 11.6 Å². The van der Waals surface area contributed by atoms with E-state index in [0.717, 1.165) is 31.5 Å². The Morgan fingerprint density at radius 1 is 0.783 bits per heavy atom. The molecule has 1 saturated heterocycles. The maximum absolute atomic E-state index is 12.8. The minimum Gasteiger partial charge on any atom is -0.366 e. The van der Waals surface area contributed by atoms with Crippen LogP contribution in [-0.2, 0) is 22.7 Å². The summed E-state index contributed by atoms with van der Waals surface area (Å²) in [6.45, 7) is 5.53. The normalized spacial score (nSPS) is 16.8. The lowest BCUT2D eigenvalue weighted by Crippen LogP contribution is -2.38. The highest BCUT2D eigenvalue weighted by atomic mass is 35.5. The van der Waals surface area contributed by atoms with Crippen LogP contribution in [0.25, 0.3) is 20.2 Å². The van der Waals surface area contributed by atoms with Crippen molar-refractivity contribution in [2.45, 2.75) is 64.7 Å². The van der Waals surface area contributed by atoms with Crippen molar-refractivity contribution >= 4 is 84.6 Å². The number of carbonyl (C=O) groups is 4. The van der Waals surface area contributed by atoms with Gasteiger partial charge in [-0.25, -0.2) is 9.97 Å². The second kappa shape index (κ2) is 21.3. The molecule has 3 amide bonds. The number of hydrogen-bond acceptors (Lipinski definition) is 10. The van der Waals surface area contributed by atoms with E-state index in [-0.39, 0.29) is 53.9 Å². The first-order valence-corrected chi connectivity index (χ1v) is 21.4. The van der Waals surface area contributed by atoms with Crippen molar-refractivity contribution in [3.05, 3.63) is 124 Å². The summed E-state index contributed by atoms with van der Waals surface area (Å²) in [5.41, 5.74) is 9.09. The van der Waals surface area contributed by atoms with E-state index < -0.39 is 5.95 Å². The quantitative estimate of drug-likeness (QED) is 0.109. The molecule has 3 N–H and O–H groups in total. The van der Waals surface area contributed by atoms with Gasteiger partial charge >= 0.3 is 0 Å². The Labute approximate surface area is 364 Å². The predicted molar refractivity (Wildman–Crippen MR) is 241 cm³/mol. The number of rotatable bonds is 9. The number of Topliss-reactive ketones (excluding diaryl/α,β-unsaturated/α-hetero) is 1. The van der Waals surface area contributed by atoms with Gasteiger partial charge in [0.15, 0.2) is 5.78 Å². The first-order valence-electron chi connectivity index (χ1n) is 19.7. The molecule has 1 saturated carbocycles. The summed E-state index contributed by atoms with van der Waals surface area (Å²) < 4.78 is 15.3. The molecule has 15 heteroatoms. The number of likely N-dealkylation sites (tertiary alicyclic amines) is 1. The molecule has 0 spiro atoms. The van der Waals surface area contributed by atoms with Crippen molar-refractivity contribution in [3.63, 3.8) is 0 Å². The highest BCUT2D eigenvalue weighted by Gasteiger charge is 2.33. The van der Waals surface area contributed by atoms with Gasteiger partial charge in [-0.2, -0.15) is 4.39 Å². The zero-order valence-corrected chi connectivity index (χ0v) is 36.6. The summed E-state index contributed by atoms with van der Waals surface area (Å²) in [5, 5.41) is 10.2. The SMILES string of the molecule is CC(=O)N(C)[C@H]1CCC(C(=O)c2ccc(NCc3csc4ccccc34)nc2)C1.CC(=O)N(C)[C@H]1CCN(C(=O)c2ccc(F)nc2)C1.Cl.NCc1csc2ccccc12. The number of nitrogens with two attached hydrogens (primary N) is 1. The fraction of sp³-hybridized carbons (Fsp3) is 0.333. The van der Waals surface area contributed by atoms with Crippen LogP contribution in [0.1, 0.15) is 71.4 Å². The molecule has 0 bridgehead atoms. The van der Waals surface area contributed by atoms with Crippen molar-refractivity contribution in [1.29, 1.82) is 0 Å². The molecule has 4 aromatic heterocycles. The van der Waals surface area contributed by atoms with Gasteiger partial charge in [0.2, 0.25) is 17.8 Å². The third-order valence-corrected chi connectivity index (χ3v) is 13.2. The fourth-order valence-electron chi connectivity index (χ4n) is 7.42. The van der Waals surface area contributed by atoms with Crippen molar-refractivity contribution in [2.75, 3.05) is 32.5 Å². The average molecular weight is 873 g/mol. The van der Waals surface area contributed by atoms with E-state index in [2.05, 4.69) is 68.5 Å². The van der Waals surface area contributed by atoms with Crippen LogP contribution in [0.3, 0.4) is 0 Å². The minimum absolute atomic E-state index is 0. The van der Waals surface area contributed by atoms with Gasteiger partial charge < -0.3 is 25.8 Å². The van der Waals surface area contributed by atoms with Gasteiger partial charge in [-0.15, -0.1) is 35.1 Å². The number of nitrogens with one attached hydrogen (secondary N) is 1. The number of halogens is 2. The number of nitrogens with zero attached hydrogens (tertiary/aromatic N) is 5. The summed E-state index contributed by atoms with van der Waals surface area (Å²) in [6, 6.07) is 23.2. The monoisotopic (exact) mass is 871 g/mol. The van der Waals surface area contributed by atoms with Crippen LogP contribution in [0.15, 0.2) is 96.0 Å². The zero-order chi connectivity index (χ0) is 42.1. The van der Waals surface area contributed by atoms with Gasteiger partial charge in [-0.1, -0.05) is 36.4 Å².